The number of carbonyl (C=O) groups excluding carboxylic acids is 1. The largest absolute Gasteiger partial charge is 0.485 e. The maximum atomic E-state index is 13.8. The topological polar surface area (TPSA) is 75.5 Å². The summed E-state index contributed by atoms with van der Waals surface area (Å²) in [6.07, 6.45) is 0. The molecule has 7 heteroatoms. The maximum Gasteiger partial charge on any atom is 0.280 e. The van der Waals surface area contributed by atoms with Gasteiger partial charge in [0.2, 0.25) is 5.75 Å². The second-order valence-corrected chi connectivity index (χ2v) is 9.42. The van der Waals surface area contributed by atoms with Crippen molar-refractivity contribution in [2.75, 3.05) is 0 Å². The van der Waals surface area contributed by atoms with E-state index in [0.717, 1.165) is 16.7 Å². The summed E-state index contributed by atoms with van der Waals surface area (Å²) < 4.78 is 20.2. The van der Waals surface area contributed by atoms with Gasteiger partial charge in [-0.05, 0) is 41.0 Å². The van der Waals surface area contributed by atoms with Gasteiger partial charge in [0, 0.05) is 5.56 Å². The molecule has 0 spiro atoms. The predicted octanol–water partition coefficient (Wildman–Crippen LogP) is 6.86. The first-order valence-corrected chi connectivity index (χ1v) is 13.3. The molecule has 41 heavy (non-hydrogen) atoms. The Labute approximate surface area is 237 Å². The van der Waals surface area contributed by atoms with Crippen LogP contribution in [-0.4, -0.2) is 20.9 Å². The molecule has 0 unspecified atom stereocenters. The number of aromatic nitrogens is 3. The van der Waals surface area contributed by atoms with Crippen LogP contribution in [0.2, 0.25) is 0 Å². The number of benzene rings is 5. The molecular weight excluding hydrogens is 514 g/mol. The third-order valence-corrected chi connectivity index (χ3v) is 6.51. The van der Waals surface area contributed by atoms with Crippen molar-refractivity contribution in [2.45, 2.75) is 19.8 Å². The zero-order valence-corrected chi connectivity index (χ0v) is 22.2. The fourth-order valence-corrected chi connectivity index (χ4v) is 4.40. The molecule has 1 aromatic heterocycles. The van der Waals surface area contributed by atoms with Crippen molar-refractivity contribution in [3.05, 3.63) is 150 Å². The van der Waals surface area contributed by atoms with Crippen LogP contribution in [0.5, 0.6) is 17.2 Å². The van der Waals surface area contributed by atoms with Crippen molar-refractivity contribution in [1.82, 2.24) is 15.0 Å². The Hall–Kier alpha value is -5.43. The standard InChI is InChI=1S/C34H27N3O4/c38-34(37-30-19-11-10-18-29(30)35-36-37)28-20-31(39-22-25-12-4-1-5-13-25)33(41-24-27-16-8-3-9-17-27)32(21-28)40-23-26-14-6-2-7-15-26/h1-21H,22-24H2. The number of nitrogens with zero attached hydrogens (tertiary/aromatic N) is 3. The third-order valence-electron chi connectivity index (χ3n) is 6.51. The summed E-state index contributed by atoms with van der Waals surface area (Å²) in [4.78, 5) is 13.8. The average Bonchev–Trinajstić information content (AvgIpc) is 3.47. The van der Waals surface area contributed by atoms with Gasteiger partial charge >= 0.3 is 0 Å². The fourth-order valence-electron chi connectivity index (χ4n) is 4.40. The van der Waals surface area contributed by atoms with Crippen molar-refractivity contribution in [3.8, 4) is 17.2 Å². The van der Waals surface area contributed by atoms with E-state index in [9.17, 15) is 4.79 Å². The molecule has 0 radical (unpaired) electrons. The molecule has 0 amide bonds. The Balaban J connectivity index is 1.40. The minimum Gasteiger partial charge on any atom is -0.485 e. The number of fused-ring (bicyclic) bond motifs is 1. The van der Waals surface area contributed by atoms with Crippen molar-refractivity contribution in [1.29, 1.82) is 0 Å². The molecule has 6 aromatic rings. The molecule has 1 heterocycles. The minimum atomic E-state index is -0.359. The highest BCUT2D eigenvalue weighted by Gasteiger charge is 2.22. The van der Waals surface area contributed by atoms with Crippen LogP contribution < -0.4 is 14.2 Å². The monoisotopic (exact) mass is 541 g/mol. The van der Waals surface area contributed by atoms with Gasteiger partial charge in [0.25, 0.3) is 5.91 Å². The van der Waals surface area contributed by atoms with E-state index in [-0.39, 0.29) is 19.1 Å². The molecule has 202 valence electrons. The highest BCUT2D eigenvalue weighted by molar-refractivity contribution is 6.01. The van der Waals surface area contributed by atoms with Crippen molar-refractivity contribution in [2.24, 2.45) is 0 Å². The lowest BCUT2D eigenvalue weighted by Crippen LogP contribution is -2.15. The van der Waals surface area contributed by atoms with E-state index in [0.29, 0.717) is 40.5 Å². The Morgan fingerprint density at radius 1 is 0.585 bits per heavy atom. The summed E-state index contributed by atoms with van der Waals surface area (Å²) in [5.74, 6) is 0.842. The van der Waals surface area contributed by atoms with Crippen LogP contribution in [0.1, 0.15) is 27.0 Å². The molecule has 7 nitrogen and oxygen atoms in total. The molecule has 0 atom stereocenters. The molecule has 0 N–H and O–H groups in total. The van der Waals surface area contributed by atoms with E-state index in [4.69, 9.17) is 14.2 Å². The molecule has 0 bridgehead atoms. The van der Waals surface area contributed by atoms with Crippen LogP contribution in [0.15, 0.2) is 127 Å². The van der Waals surface area contributed by atoms with Gasteiger partial charge in [-0.15, -0.1) is 5.10 Å². The van der Waals surface area contributed by atoms with Gasteiger partial charge in [-0.3, -0.25) is 4.79 Å². The molecule has 0 aliphatic carbocycles. The second kappa shape index (κ2) is 12.2. The molecule has 0 aliphatic rings. The Morgan fingerprint density at radius 3 is 1.59 bits per heavy atom. The lowest BCUT2D eigenvalue weighted by molar-refractivity contribution is 0.0946. The Morgan fingerprint density at radius 2 is 1.05 bits per heavy atom. The van der Waals surface area contributed by atoms with E-state index in [1.807, 2.05) is 115 Å². The quantitative estimate of drug-likeness (QED) is 0.189. The molecule has 0 fully saturated rings. The van der Waals surface area contributed by atoms with Crippen LogP contribution in [0.4, 0.5) is 0 Å². The summed E-state index contributed by atoms with van der Waals surface area (Å²) in [6, 6.07) is 40.2. The number of hydrogen-bond donors (Lipinski definition) is 0. The van der Waals surface area contributed by atoms with Crippen molar-refractivity contribution < 1.29 is 19.0 Å². The number of para-hydroxylation sites is 1. The second-order valence-electron chi connectivity index (χ2n) is 9.42. The van der Waals surface area contributed by atoms with E-state index in [2.05, 4.69) is 10.3 Å². The fraction of sp³-hybridized carbons (Fsp3) is 0.0882. The van der Waals surface area contributed by atoms with Gasteiger partial charge in [-0.25, -0.2) is 0 Å². The Bertz CT molecular complexity index is 1690. The Kier molecular flexibility index (Phi) is 7.67. The SMILES string of the molecule is O=C(c1cc(OCc2ccccc2)c(OCc2ccccc2)c(OCc2ccccc2)c1)n1nnc2ccccc21. The smallest absolute Gasteiger partial charge is 0.280 e. The molecule has 0 aliphatic heterocycles. The summed E-state index contributed by atoms with van der Waals surface area (Å²) in [5.41, 5.74) is 4.52. The van der Waals surface area contributed by atoms with Crippen LogP contribution in [0.25, 0.3) is 11.0 Å². The zero-order chi connectivity index (χ0) is 27.9. The maximum absolute atomic E-state index is 13.8. The van der Waals surface area contributed by atoms with Gasteiger partial charge < -0.3 is 14.2 Å². The summed E-state index contributed by atoms with van der Waals surface area (Å²) in [7, 11) is 0. The molecule has 6 rings (SSSR count). The van der Waals surface area contributed by atoms with Crippen molar-refractivity contribution >= 4 is 16.9 Å². The lowest BCUT2D eigenvalue weighted by atomic mass is 10.1. The number of ether oxygens (including phenoxy) is 3. The van der Waals surface area contributed by atoms with Crippen molar-refractivity contribution in [3.63, 3.8) is 0 Å². The van der Waals surface area contributed by atoms with Gasteiger partial charge in [0.15, 0.2) is 11.5 Å². The summed E-state index contributed by atoms with van der Waals surface area (Å²) in [6.45, 7) is 0.861. The zero-order valence-electron chi connectivity index (χ0n) is 22.2. The number of rotatable bonds is 10. The molecule has 0 saturated heterocycles. The molecular formula is C34H27N3O4. The first-order valence-electron chi connectivity index (χ1n) is 13.3. The lowest BCUT2D eigenvalue weighted by Gasteiger charge is -2.19. The normalized spacial score (nSPS) is 10.8. The van der Waals surface area contributed by atoms with E-state index in [1.54, 1.807) is 12.1 Å². The first kappa shape index (κ1) is 25.8. The molecule has 5 aromatic carbocycles. The number of hydrogen-bond acceptors (Lipinski definition) is 6. The predicted molar refractivity (Wildman–Crippen MR) is 156 cm³/mol. The van der Waals surface area contributed by atoms with E-state index >= 15 is 0 Å². The van der Waals surface area contributed by atoms with E-state index in [1.165, 1.54) is 4.68 Å². The van der Waals surface area contributed by atoms with E-state index < -0.39 is 0 Å². The summed E-state index contributed by atoms with van der Waals surface area (Å²) >= 11 is 0. The average molecular weight is 542 g/mol. The first-order chi connectivity index (χ1) is 20.2. The van der Waals surface area contributed by atoms with Gasteiger partial charge in [-0.1, -0.05) is 108 Å². The van der Waals surface area contributed by atoms with Crippen LogP contribution in [0, 0.1) is 0 Å². The third kappa shape index (κ3) is 6.09. The number of carbonyl (C=O) groups is 1. The van der Waals surface area contributed by atoms with Crippen LogP contribution >= 0.6 is 0 Å². The van der Waals surface area contributed by atoms with Gasteiger partial charge in [0.05, 0.1) is 5.52 Å². The van der Waals surface area contributed by atoms with Crippen LogP contribution in [-0.2, 0) is 19.8 Å². The highest BCUT2D eigenvalue weighted by atomic mass is 16.5. The minimum absolute atomic E-state index is 0.282. The van der Waals surface area contributed by atoms with Gasteiger partial charge in [0.1, 0.15) is 25.3 Å². The summed E-state index contributed by atoms with van der Waals surface area (Å²) in [5, 5.41) is 8.27. The van der Waals surface area contributed by atoms with Gasteiger partial charge in [-0.2, -0.15) is 4.68 Å². The molecule has 0 saturated carbocycles. The highest BCUT2D eigenvalue weighted by Crippen LogP contribution is 2.41. The van der Waals surface area contributed by atoms with Crippen LogP contribution in [0.3, 0.4) is 0 Å².